The lowest BCUT2D eigenvalue weighted by Gasteiger charge is -2.33. The van der Waals surface area contributed by atoms with Crippen molar-refractivity contribution >= 4 is 39.1 Å². The van der Waals surface area contributed by atoms with Crippen molar-refractivity contribution in [1.29, 1.82) is 0 Å². The average molecular weight is 638 g/mol. The molecule has 7 nitrogen and oxygen atoms in total. The van der Waals surface area contributed by atoms with E-state index >= 15 is 0 Å². The van der Waals surface area contributed by atoms with Gasteiger partial charge in [0, 0.05) is 19.5 Å². The van der Waals surface area contributed by atoms with Gasteiger partial charge in [-0.2, -0.15) is 13.2 Å². The Kier molecular flexibility index (Phi) is 11.6. The number of aryl methyl sites for hydroxylation is 1. The fourth-order valence-corrected chi connectivity index (χ4v) is 5.63. The second kappa shape index (κ2) is 14.7. The van der Waals surface area contributed by atoms with Gasteiger partial charge in [-0.05, 0) is 42.7 Å². The molecule has 0 saturated carbocycles. The molecule has 43 heavy (non-hydrogen) atoms. The number of amides is 2. The molecule has 0 unspecified atom stereocenters. The summed E-state index contributed by atoms with van der Waals surface area (Å²) < 4.78 is 67.2. The highest BCUT2D eigenvalue weighted by Crippen LogP contribution is 2.37. The molecule has 232 valence electrons. The van der Waals surface area contributed by atoms with E-state index in [1.165, 1.54) is 4.90 Å². The molecule has 0 aromatic heterocycles. The molecular formula is C31H35ClF3N3O4S. The van der Waals surface area contributed by atoms with E-state index in [2.05, 4.69) is 5.32 Å². The zero-order valence-corrected chi connectivity index (χ0v) is 25.8. The lowest BCUT2D eigenvalue weighted by molar-refractivity contribution is -0.140. The number of anilines is 1. The number of nitrogens with one attached hydrogen (secondary N) is 1. The zero-order valence-electron chi connectivity index (χ0n) is 24.2. The number of halogens is 4. The van der Waals surface area contributed by atoms with Crippen LogP contribution in [0.3, 0.4) is 0 Å². The molecule has 0 heterocycles. The van der Waals surface area contributed by atoms with Crippen molar-refractivity contribution in [2.75, 3.05) is 23.7 Å². The van der Waals surface area contributed by atoms with Gasteiger partial charge in [-0.25, -0.2) is 8.42 Å². The number of carbonyl (C=O) groups excluding carboxylic acids is 2. The summed E-state index contributed by atoms with van der Waals surface area (Å²) in [5.41, 5.74) is 0.768. The maximum atomic E-state index is 14.1. The van der Waals surface area contributed by atoms with Crippen molar-refractivity contribution in [3.05, 3.63) is 100 Å². The van der Waals surface area contributed by atoms with Crippen molar-refractivity contribution in [3.63, 3.8) is 0 Å². The van der Waals surface area contributed by atoms with Crippen LogP contribution in [0, 0.1) is 6.92 Å². The van der Waals surface area contributed by atoms with E-state index in [0.29, 0.717) is 22.5 Å². The number of hydrogen-bond acceptors (Lipinski definition) is 4. The number of rotatable bonds is 13. The highest BCUT2D eigenvalue weighted by molar-refractivity contribution is 7.92. The van der Waals surface area contributed by atoms with Gasteiger partial charge in [0.1, 0.15) is 12.6 Å². The molecule has 12 heteroatoms. The van der Waals surface area contributed by atoms with E-state index in [4.69, 9.17) is 11.6 Å². The number of unbranched alkanes of at least 4 members (excludes halogenated alkanes) is 1. The summed E-state index contributed by atoms with van der Waals surface area (Å²) in [7, 11) is -4.25. The summed E-state index contributed by atoms with van der Waals surface area (Å²) in [4.78, 5) is 29.0. The number of benzene rings is 3. The van der Waals surface area contributed by atoms with Crippen molar-refractivity contribution < 1.29 is 31.2 Å². The third kappa shape index (κ3) is 9.72. The fourth-order valence-electron chi connectivity index (χ4n) is 4.57. The monoisotopic (exact) mass is 637 g/mol. The standard InChI is InChI=1S/C31H35ClF3N3O4S/c1-4-5-16-36-30(40)28(18-23-11-7-6-8-12-23)37(20-24-13-9-10-22(2)17-24)29(39)21-38(43(3,41)42)25-14-15-27(32)26(19-25)31(33,34)35/h6-15,17,19,28H,4-5,16,18,20-21H2,1-3H3,(H,36,40)/t28-/m1/s1. The molecule has 3 aromatic carbocycles. The van der Waals surface area contributed by atoms with E-state index in [9.17, 15) is 31.2 Å². The van der Waals surface area contributed by atoms with Gasteiger partial charge in [-0.3, -0.25) is 13.9 Å². The first-order valence-electron chi connectivity index (χ1n) is 13.7. The van der Waals surface area contributed by atoms with E-state index in [-0.39, 0.29) is 18.7 Å². The smallest absolute Gasteiger partial charge is 0.354 e. The second-order valence-electron chi connectivity index (χ2n) is 10.3. The van der Waals surface area contributed by atoms with Crippen LogP contribution in [0.25, 0.3) is 0 Å². The van der Waals surface area contributed by atoms with Crippen LogP contribution in [0.1, 0.15) is 42.0 Å². The zero-order chi connectivity index (χ0) is 31.8. The topological polar surface area (TPSA) is 86.8 Å². The molecule has 0 fully saturated rings. The van der Waals surface area contributed by atoms with Crippen LogP contribution in [0.5, 0.6) is 0 Å². The largest absolute Gasteiger partial charge is 0.417 e. The maximum Gasteiger partial charge on any atom is 0.417 e. The average Bonchev–Trinajstić information content (AvgIpc) is 2.93. The van der Waals surface area contributed by atoms with Crippen LogP contribution in [0.4, 0.5) is 18.9 Å². The Morgan fingerprint density at radius 2 is 1.65 bits per heavy atom. The maximum absolute atomic E-state index is 14.1. The number of carbonyl (C=O) groups is 2. The third-order valence-corrected chi connectivity index (χ3v) is 8.23. The molecule has 0 aliphatic carbocycles. The summed E-state index contributed by atoms with van der Waals surface area (Å²) in [6.45, 7) is 3.36. The normalized spacial score (nSPS) is 12.4. The molecule has 3 aromatic rings. The summed E-state index contributed by atoms with van der Waals surface area (Å²) in [5, 5.41) is 2.27. The van der Waals surface area contributed by atoms with Gasteiger partial charge in [0.05, 0.1) is 22.5 Å². The van der Waals surface area contributed by atoms with Crippen molar-refractivity contribution in [1.82, 2.24) is 10.2 Å². The third-order valence-electron chi connectivity index (χ3n) is 6.76. The molecule has 3 rings (SSSR count). The molecule has 1 atom stereocenters. The predicted octanol–water partition coefficient (Wildman–Crippen LogP) is 5.99. The second-order valence-corrected chi connectivity index (χ2v) is 12.6. The molecule has 0 aliphatic rings. The molecule has 0 saturated heterocycles. The molecule has 0 radical (unpaired) electrons. The number of nitrogens with zero attached hydrogens (tertiary/aromatic N) is 2. The Bertz CT molecular complexity index is 1520. The van der Waals surface area contributed by atoms with Gasteiger partial charge >= 0.3 is 6.18 Å². The van der Waals surface area contributed by atoms with Crippen LogP contribution < -0.4 is 9.62 Å². The van der Waals surface area contributed by atoms with E-state index in [1.54, 1.807) is 24.3 Å². The Morgan fingerprint density at radius 1 is 0.977 bits per heavy atom. The van der Waals surface area contributed by atoms with Crippen molar-refractivity contribution in [2.24, 2.45) is 0 Å². The van der Waals surface area contributed by atoms with E-state index in [1.807, 2.05) is 44.2 Å². The summed E-state index contributed by atoms with van der Waals surface area (Å²) in [6.07, 6.45) is -2.37. The number of hydrogen-bond donors (Lipinski definition) is 1. The van der Waals surface area contributed by atoms with Crippen LogP contribution in [-0.2, 0) is 38.8 Å². The minimum Gasteiger partial charge on any atom is -0.354 e. The number of alkyl halides is 3. The molecule has 0 spiro atoms. The van der Waals surface area contributed by atoms with Crippen LogP contribution in [0.15, 0.2) is 72.8 Å². The van der Waals surface area contributed by atoms with Crippen LogP contribution in [0.2, 0.25) is 5.02 Å². The molecule has 0 bridgehead atoms. The lowest BCUT2D eigenvalue weighted by atomic mass is 10.0. The minimum atomic E-state index is -4.85. The van der Waals surface area contributed by atoms with Gasteiger partial charge in [0.2, 0.25) is 21.8 Å². The van der Waals surface area contributed by atoms with Gasteiger partial charge in [-0.1, -0.05) is 85.1 Å². The highest BCUT2D eigenvalue weighted by atomic mass is 35.5. The summed E-state index contributed by atoms with van der Waals surface area (Å²) in [5.74, 6) is -1.18. The first kappa shape index (κ1) is 33.9. The van der Waals surface area contributed by atoms with Crippen LogP contribution >= 0.6 is 11.6 Å². The SMILES string of the molecule is CCCCNC(=O)[C@@H](Cc1ccccc1)N(Cc1cccc(C)c1)C(=O)CN(c1ccc(Cl)c(C(F)(F)F)c1)S(C)(=O)=O. The van der Waals surface area contributed by atoms with Gasteiger partial charge in [0.25, 0.3) is 0 Å². The van der Waals surface area contributed by atoms with E-state index in [0.717, 1.165) is 42.4 Å². The fraction of sp³-hybridized carbons (Fsp3) is 0.355. The van der Waals surface area contributed by atoms with E-state index < -0.39 is 51.2 Å². The summed E-state index contributed by atoms with van der Waals surface area (Å²) >= 11 is 5.76. The molecule has 2 amide bonds. The first-order chi connectivity index (χ1) is 20.2. The quantitative estimate of drug-likeness (QED) is 0.233. The lowest BCUT2D eigenvalue weighted by Crippen LogP contribution is -2.53. The molecular weight excluding hydrogens is 603 g/mol. The Hall–Kier alpha value is -3.57. The highest BCUT2D eigenvalue weighted by Gasteiger charge is 2.36. The van der Waals surface area contributed by atoms with Gasteiger partial charge in [-0.15, -0.1) is 0 Å². The minimum absolute atomic E-state index is 0.0365. The Balaban J connectivity index is 2.08. The summed E-state index contributed by atoms with van der Waals surface area (Å²) in [6, 6.07) is 18.0. The first-order valence-corrected chi connectivity index (χ1v) is 15.9. The van der Waals surface area contributed by atoms with Gasteiger partial charge < -0.3 is 10.2 Å². The van der Waals surface area contributed by atoms with Crippen molar-refractivity contribution in [3.8, 4) is 0 Å². The predicted molar refractivity (Wildman–Crippen MR) is 162 cm³/mol. The Morgan fingerprint density at radius 3 is 2.26 bits per heavy atom. The van der Waals surface area contributed by atoms with Gasteiger partial charge in [0.15, 0.2) is 0 Å². The van der Waals surface area contributed by atoms with Crippen LogP contribution in [-0.4, -0.2) is 50.5 Å². The molecule has 0 aliphatic heterocycles. The number of sulfonamides is 1. The Labute approximate surface area is 255 Å². The van der Waals surface area contributed by atoms with Crippen molar-refractivity contribution in [2.45, 2.75) is 51.9 Å². The molecule has 1 N–H and O–H groups in total.